The third-order valence-electron chi connectivity index (χ3n) is 5.48. The lowest BCUT2D eigenvalue weighted by Crippen LogP contribution is -2.33. The first-order chi connectivity index (χ1) is 16.1. The minimum atomic E-state index is -0.489. The molecule has 1 atom stereocenters. The van der Waals surface area contributed by atoms with Crippen molar-refractivity contribution >= 4 is 17.6 Å². The number of esters is 1. The summed E-state index contributed by atoms with van der Waals surface area (Å²) in [6, 6.07) is 19.0. The summed E-state index contributed by atoms with van der Waals surface area (Å²) in [6.07, 6.45) is 1.69. The fourth-order valence-electron chi connectivity index (χ4n) is 4.12. The number of carbonyl (C=O) groups is 1. The van der Waals surface area contributed by atoms with Crippen LogP contribution in [0, 0.1) is 0 Å². The SMILES string of the molecule is C=CCNc1nc(=O)n(-c2ccccc2)c2c1C(c1ccccc1)C(C(=O)OCC)=C(C)N2. The van der Waals surface area contributed by atoms with E-state index in [-0.39, 0.29) is 6.61 Å². The molecule has 7 heteroatoms. The van der Waals surface area contributed by atoms with Crippen molar-refractivity contribution in [1.29, 1.82) is 0 Å². The predicted octanol–water partition coefficient (Wildman–Crippen LogP) is 4.22. The van der Waals surface area contributed by atoms with Gasteiger partial charge < -0.3 is 15.4 Å². The standard InChI is InChI=1S/C26H26N4O3/c1-4-16-27-23-22-21(18-12-8-6-9-13-18)20(25(31)33-5-2)17(3)28-24(22)30(26(32)29-23)19-14-10-7-11-15-19/h4,6-15,21,28H,1,5,16H2,2-3H3,(H,27,29,32). The smallest absolute Gasteiger partial charge is 0.355 e. The highest BCUT2D eigenvalue weighted by atomic mass is 16.5. The van der Waals surface area contributed by atoms with E-state index in [1.165, 1.54) is 4.57 Å². The zero-order chi connectivity index (χ0) is 23.4. The predicted molar refractivity (Wildman–Crippen MR) is 130 cm³/mol. The zero-order valence-corrected chi connectivity index (χ0v) is 18.7. The summed E-state index contributed by atoms with van der Waals surface area (Å²) in [5.74, 6) is 0.0657. The fraction of sp³-hybridized carbons (Fsp3) is 0.192. The van der Waals surface area contributed by atoms with E-state index in [9.17, 15) is 9.59 Å². The Morgan fingerprint density at radius 2 is 1.85 bits per heavy atom. The normalized spacial score (nSPS) is 14.8. The third-order valence-corrected chi connectivity index (χ3v) is 5.48. The lowest BCUT2D eigenvalue weighted by Gasteiger charge is -2.32. The molecule has 7 nitrogen and oxygen atoms in total. The van der Waals surface area contributed by atoms with Crippen LogP contribution in [-0.4, -0.2) is 28.7 Å². The summed E-state index contributed by atoms with van der Waals surface area (Å²) in [4.78, 5) is 30.7. The van der Waals surface area contributed by atoms with Crippen LogP contribution in [-0.2, 0) is 9.53 Å². The van der Waals surface area contributed by atoms with Gasteiger partial charge in [0.1, 0.15) is 11.6 Å². The number of para-hydroxylation sites is 1. The minimum absolute atomic E-state index is 0.257. The summed E-state index contributed by atoms with van der Waals surface area (Å²) < 4.78 is 6.95. The molecule has 3 aromatic rings. The number of benzene rings is 2. The summed E-state index contributed by atoms with van der Waals surface area (Å²) >= 11 is 0. The molecule has 0 radical (unpaired) electrons. The van der Waals surface area contributed by atoms with Gasteiger partial charge in [-0.1, -0.05) is 54.6 Å². The van der Waals surface area contributed by atoms with Crippen LogP contribution in [0.5, 0.6) is 0 Å². The lowest BCUT2D eigenvalue weighted by molar-refractivity contribution is -0.138. The molecule has 1 aliphatic rings. The van der Waals surface area contributed by atoms with Crippen LogP contribution in [0.25, 0.3) is 5.69 Å². The summed E-state index contributed by atoms with van der Waals surface area (Å²) in [5.41, 5.74) is 2.94. The summed E-state index contributed by atoms with van der Waals surface area (Å²) in [6.45, 7) is 8.03. The van der Waals surface area contributed by atoms with E-state index in [4.69, 9.17) is 4.74 Å². The number of nitrogens with zero attached hydrogens (tertiary/aromatic N) is 2. The van der Waals surface area contributed by atoms with Crippen molar-refractivity contribution in [3.8, 4) is 5.69 Å². The second-order valence-electron chi connectivity index (χ2n) is 7.57. The number of hydrogen-bond acceptors (Lipinski definition) is 6. The number of anilines is 2. The highest BCUT2D eigenvalue weighted by molar-refractivity contribution is 5.95. The van der Waals surface area contributed by atoms with E-state index in [1.54, 1.807) is 13.0 Å². The number of hydrogen-bond donors (Lipinski definition) is 2. The van der Waals surface area contributed by atoms with Crippen molar-refractivity contribution in [2.24, 2.45) is 0 Å². The van der Waals surface area contributed by atoms with Gasteiger partial charge in [-0.2, -0.15) is 4.98 Å². The third kappa shape index (κ3) is 4.17. The van der Waals surface area contributed by atoms with E-state index in [1.807, 2.05) is 67.6 Å². The van der Waals surface area contributed by atoms with Gasteiger partial charge in [-0.3, -0.25) is 0 Å². The molecule has 0 fully saturated rings. The maximum Gasteiger partial charge on any atom is 0.355 e. The first-order valence-electron chi connectivity index (χ1n) is 10.8. The molecule has 0 spiro atoms. The molecule has 2 heterocycles. The number of aromatic nitrogens is 2. The molecule has 0 saturated heterocycles. The largest absolute Gasteiger partial charge is 0.463 e. The van der Waals surface area contributed by atoms with Crippen LogP contribution in [0.15, 0.2) is 89.4 Å². The Balaban J connectivity index is 2.06. The molecule has 1 unspecified atom stereocenters. The first-order valence-corrected chi connectivity index (χ1v) is 10.8. The molecule has 0 aliphatic carbocycles. The zero-order valence-electron chi connectivity index (χ0n) is 18.7. The Kier molecular flexibility index (Phi) is 6.40. The number of nitrogens with one attached hydrogen (secondary N) is 2. The summed E-state index contributed by atoms with van der Waals surface area (Å²) in [5, 5.41) is 6.50. The molecule has 1 aromatic heterocycles. The molecule has 1 aliphatic heterocycles. The van der Waals surface area contributed by atoms with Crippen molar-refractivity contribution in [2.45, 2.75) is 19.8 Å². The number of fused-ring (bicyclic) bond motifs is 1. The van der Waals surface area contributed by atoms with Crippen LogP contribution in [0.3, 0.4) is 0 Å². The molecular weight excluding hydrogens is 416 g/mol. The van der Waals surface area contributed by atoms with Gasteiger partial charge >= 0.3 is 11.7 Å². The summed E-state index contributed by atoms with van der Waals surface area (Å²) in [7, 11) is 0. The average molecular weight is 443 g/mol. The van der Waals surface area contributed by atoms with Gasteiger partial charge in [0.05, 0.1) is 23.8 Å². The van der Waals surface area contributed by atoms with Gasteiger partial charge in [0.15, 0.2) is 0 Å². The van der Waals surface area contributed by atoms with Crippen molar-refractivity contribution in [1.82, 2.24) is 9.55 Å². The second-order valence-corrected chi connectivity index (χ2v) is 7.57. The van der Waals surface area contributed by atoms with E-state index < -0.39 is 17.6 Å². The molecule has 0 saturated carbocycles. The number of rotatable bonds is 7. The minimum Gasteiger partial charge on any atom is -0.463 e. The molecule has 33 heavy (non-hydrogen) atoms. The first kappa shape index (κ1) is 22.1. The maximum atomic E-state index is 13.2. The lowest BCUT2D eigenvalue weighted by atomic mass is 9.81. The van der Waals surface area contributed by atoms with Crippen LogP contribution in [0.2, 0.25) is 0 Å². The van der Waals surface area contributed by atoms with Gasteiger partial charge in [0, 0.05) is 17.8 Å². The van der Waals surface area contributed by atoms with Gasteiger partial charge in [-0.15, -0.1) is 6.58 Å². The highest BCUT2D eigenvalue weighted by Gasteiger charge is 2.37. The molecule has 0 bridgehead atoms. The van der Waals surface area contributed by atoms with E-state index in [2.05, 4.69) is 22.2 Å². The topological polar surface area (TPSA) is 85.2 Å². The van der Waals surface area contributed by atoms with Gasteiger partial charge in [0.25, 0.3) is 0 Å². The van der Waals surface area contributed by atoms with Crippen LogP contribution in [0.4, 0.5) is 11.6 Å². The molecular formula is C26H26N4O3. The second kappa shape index (κ2) is 9.56. The number of ether oxygens (including phenoxy) is 1. The monoisotopic (exact) mass is 442 g/mol. The van der Waals surface area contributed by atoms with E-state index in [0.717, 1.165) is 5.56 Å². The molecule has 2 N–H and O–H groups in total. The number of allylic oxidation sites excluding steroid dienone is 1. The van der Waals surface area contributed by atoms with E-state index >= 15 is 0 Å². The Morgan fingerprint density at radius 1 is 1.18 bits per heavy atom. The Labute approximate surface area is 192 Å². The molecule has 2 aromatic carbocycles. The van der Waals surface area contributed by atoms with Crippen LogP contribution >= 0.6 is 0 Å². The van der Waals surface area contributed by atoms with Crippen molar-refractivity contribution in [3.05, 3.63) is 106 Å². The quantitative estimate of drug-likeness (QED) is 0.421. The Bertz CT molecular complexity index is 1260. The fourth-order valence-corrected chi connectivity index (χ4v) is 4.12. The van der Waals surface area contributed by atoms with Gasteiger partial charge in [-0.05, 0) is 31.5 Å². The van der Waals surface area contributed by atoms with E-state index in [0.29, 0.717) is 40.7 Å². The van der Waals surface area contributed by atoms with Crippen LogP contribution in [0.1, 0.15) is 30.9 Å². The molecule has 4 rings (SSSR count). The van der Waals surface area contributed by atoms with Gasteiger partial charge in [-0.25, -0.2) is 14.2 Å². The molecule has 168 valence electrons. The van der Waals surface area contributed by atoms with Crippen molar-refractivity contribution in [2.75, 3.05) is 23.8 Å². The van der Waals surface area contributed by atoms with Gasteiger partial charge in [0.2, 0.25) is 0 Å². The number of carbonyl (C=O) groups excluding carboxylic acids is 1. The average Bonchev–Trinajstić information content (AvgIpc) is 2.83. The van der Waals surface area contributed by atoms with Crippen LogP contribution < -0.4 is 16.3 Å². The highest BCUT2D eigenvalue weighted by Crippen LogP contribution is 2.45. The van der Waals surface area contributed by atoms with Crippen molar-refractivity contribution in [3.63, 3.8) is 0 Å². The molecule has 0 amide bonds. The Morgan fingerprint density at radius 3 is 2.48 bits per heavy atom. The van der Waals surface area contributed by atoms with Crippen molar-refractivity contribution < 1.29 is 9.53 Å². The maximum absolute atomic E-state index is 13.2. The Hall–Kier alpha value is -4.13.